The third-order valence-corrected chi connectivity index (χ3v) is 4.70. The summed E-state index contributed by atoms with van der Waals surface area (Å²) >= 11 is 0. The highest BCUT2D eigenvalue weighted by Crippen LogP contribution is 2.17. The minimum atomic E-state index is -3.72. The van der Waals surface area contributed by atoms with E-state index in [1.54, 1.807) is 12.1 Å². The van der Waals surface area contributed by atoms with E-state index in [1.165, 1.54) is 29.1 Å². The molecule has 0 radical (unpaired) electrons. The molecule has 0 bridgehead atoms. The quantitative estimate of drug-likeness (QED) is 0.648. The highest BCUT2D eigenvalue weighted by atomic mass is 32.2. The summed E-state index contributed by atoms with van der Waals surface area (Å²) in [6.07, 6.45) is 1.11. The molecule has 3 rings (SSSR count). The fraction of sp³-hybridized carbons (Fsp3) is 0.133. The van der Waals surface area contributed by atoms with Gasteiger partial charge in [-0.3, -0.25) is 9.83 Å². The molecular weight excluding hydrogens is 361 g/mol. The molecule has 1 aromatic carbocycles. The average Bonchev–Trinajstić information content (AvgIpc) is 3.11. The standard InChI is InChI=1S/C15H12FN7O2S/c1-17-10-19-26(24,25)14-6-2-11(3-7-14)15-20-22-23(21-15)9-13-5-4-12(16)8-18-13/h2-8,19H,9-10H2. The van der Waals surface area contributed by atoms with E-state index in [0.717, 1.165) is 6.20 Å². The summed E-state index contributed by atoms with van der Waals surface area (Å²) in [5.74, 6) is -0.118. The van der Waals surface area contributed by atoms with Crippen LogP contribution < -0.4 is 4.72 Å². The maximum Gasteiger partial charge on any atom is 0.280 e. The van der Waals surface area contributed by atoms with Crippen molar-refractivity contribution in [1.29, 1.82) is 0 Å². The van der Waals surface area contributed by atoms with Gasteiger partial charge in [-0.05, 0) is 41.6 Å². The van der Waals surface area contributed by atoms with Crippen LogP contribution in [-0.4, -0.2) is 40.3 Å². The van der Waals surface area contributed by atoms with Crippen LogP contribution in [0.2, 0.25) is 0 Å². The maximum atomic E-state index is 12.9. The molecule has 0 aliphatic rings. The number of halogens is 1. The summed E-state index contributed by atoms with van der Waals surface area (Å²) in [6.45, 7) is 6.53. The second-order valence-electron chi connectivity index (χ2n) is 5.10. The molecule has 0 spiro atoms. The summed E-state index contributed by atoms with van der Waals surface area (Å²) in [5.41, 5.74) is 1.15. The Balaban J connectivity index is 1.75. The van der Waals surface area contributed by atoms with Crippen molar-refractivity contribution < 1.29 is 12.8 Å². The van der Waals surface area contributed by atoms with E-state index in [2.05, 4.69) is 30.0 Å². The van der Waals surface area contributed by atoms with Gasteiger partial charge in [0.2, 0.25) is 15.8 Å². The van der Waals surface area contributed by atoms with Gasteiger partial charge >= 0.3 is 0 Å². The van der Waals surface area contributed by atoms with Crippen LogP contribution in [0, 0.1) is 12.4 Å². The second-order valence-corrected chi connectivity index (χ2v) is 6.87. The van der Waals surface area contributed by atoms with Crippen LogP contribution in [0.5, 0.6) is 0 Å². The Hall–Kier alpha value is -3.23. The van der Waals surface area contributed by atoms with E-state index < -0.39 is 15.8 Å². The van der Waals surface area contributed by atoms with Gasteiger partial charge in [0.25, 0.3) is 6.67 Å². The number of sulfonamides is 1. The first-order chi connectivity index (χ1) is 12.5. The number of aromatic nitrogens is 5. The van der Waals surface area contributed by atoms with Crippen molar-refractivity contribution in [2.24, 2.45) is 0 Å². The smallest absolute Gasteiger partial charge is 0.280 e. The van der Waals surface area contributed by atoms with E-state index in [0.29, 0.717) is 17.1 Å². The van der Waals surface area contributed by atoms with Crippen LogP contribution >= 0.6 is 0 Å². The number of hydrogen-bond acceptors (Lipinski definition) is 6. The molecule has 11 heteroatoms. The molecule has 0 aliphatic carbocycles. The lowest BCUT2D eigenvalue weighted by atomic mass is 10.2. The molecule has 0 aliphatic heterocycles. The predicted molar refractivity (Wildman–Crippen MR) is 88.3 cm³/mol. The van der Waals surface area contributed by atoms with E-state index in [-0.39, 0.29) is 18.1 Å². The van der Waals surface area contributed by atoms with Gasteiger partial charge in [0.1, 0.15) is 12.4 Å². The Morgan fingerprint density at radius 2 is 1.96 bits per heavy atom. The summed E-state index contributed by atoms with van der Waals surface area (Å²) in [5, 5.41) is 12.0. The zero-order chi connectivity index (χ0) is 18.6. The van der Waals surface area contributed by atoms with Gasteiger partial charge in [0.05, 0.1) is 16.8 Å². The lowest BCUT2D eigenvalue weighted by Gasteiger charge is -2.02. The van der Waals surface area contributed by atoms with E-state index in [9.17, 15) is 12.8 Å². The zero-order valence-electron chi connectivity index (χ0n) is 13.2. The fourth-order valence-corrected chi connectivity index (χ4v) is 2.95. The SMILES string of the molecule is [C-]#[N+]CNS(=O)(=O)c1ccc(-c2nnn(Cc3ccc(F)cn3)n2)cc1. The largest absolute Gasteiger partial charge is 0.299 e. The van der Waals surface area contributed by atoms with Crippen molar-refractivity contribution in [2.75, 3.05) is 6.67 Å². The van der Waals surface area contributed by atoms with Crippen LogP contribution in [0.15, 0.2) is 47.5 Å². The van der Waals surface area contributed by atoms with Crippen molar-refractivity contribution in [3.8, 4) is 11.4 Å². The molecule has 0 amide bonds. The Bertz CT molecular complexity index is 1040. The van der Waals surface area contributed by atoms with Crippen molar-refractivity contribution >= 4 is 10.0 Å². The average molecular weight is 373 g/mol. The molecule has 9 nitrogen and oxygen atoms in total. The molecule has 26 heavy (non-hydrogen) atoms. The monoisotopic (exact) mass is 373 g/mol. The van der Waals surface area contributed by atoms with Crippen molar-refractivity contribution in [2.45, 2.75) is 11.4 Å². The molecular formula is C15H12FN7O2S. The lowest BCUT2D eigenvalue weighted by Crippen LogP contribution is -2.22. The Kier molecular flexibility index (Phi) is 4.97. The van der Waals surface area contributed by atoms with E-state index >= 15 is 0 Å². The molecule has 2 aromatic heterocycles. The first kappa shape index (κ1) is 17.6. The minimum Gasteiger partial charge on any atom is -0.299 e. The molecule has 0 saturated carbocycles. The predicted octanol–water partition coefficient (Wildman–Crippen LogP) is 1.08. The summed E-state index contributed by atoms with van der Waals surface area (Å²) < 4.78 is 38.9. The number of nitrogens with zero attached hydrogens (tertiary/aromatic N) is 6. The van der Waals surface area contributed by atoms with Crippen molar-refractivity contribution in [3.05, 3.63) is 65.5 Å². The van der Waals surface area contributed by atoms with Crippen molar-refractivity contribution in [3.63, 3.8) is 0 Å². The van der Waals surface area contributed by atoms with Crippen LogP contribution in [0.1, 0.15) is 5.69 Å². The van der Waals surface area contributed by atoms with Gasteiger partial charge in [-0.25, -0.2) is 19.4 Å². The number of tetrazole rings is 1. The van der Waals surface area contributed by atoms with Gasteiger partial charge < -0.3 is 0 Å². The molecule has 0 saturated heterocycles. The highest BCUT2D eigenvalue weighted by molar-refractivity contribution is 7.89. The molecule has 0 atom stereocenters. The molecule has 1 N–H and O–H groups in total. The van der Waals surface area contributed by atoms with Gasteiger partial charge in [0.15, 0.2) is 0 Å². The van der Waals surface area contributed by atoms with Crippen LogP contribution in [0.25, 0.3) is 16.2 Å². The number of benzene rings is 1. The fourth-order valence-electron chi connectivity index (χ4n) is 2.05. The van der Waals surface area contributed by atoms with Crippen LogP contribution in [0.3, 0.4) is 0 Å². The molecule has 3 aromatic rings. The Labute approximate surface area is 148 Å². The topological polar surface area (TPSA) is 107 Å². The third-order valence-electron chi connectivity index (χ3n) is 3.30. The number of rotatable bonds is 6. The summed E-state index contributed by atoms with van der Waals surface area (Å²) in [6, 6.07) is 8.69. The maximum absolute atomic E-state index is 12.9. The van der Waals surface area contributed by atoms with E-state index in [4.69, 9.17) is 6.57 Å². The number of pyridine rings is 1. The van der Waals surface area contributed by atoms with Gasteiger partial charge in [0, 0.05) is 5.56 Å². The van der Waals surface area contributed by atoms with Gasteiger partial charge in [-0.1, -0.05) is 0 Å². The zero-order valence-corrected chi connectivity index (χ0v) is 14.1. The first-order valence-electron chi connectivity index (χ1n) is 7.29. The lowest BCUT2D eigenvalue weighted by molar-refractivity contribution is 0.559. The minimum absolute atomic E-state index is 0.0350. The Morgan fingerprint density at radius 3 is 2.62 bits per heavy atom. The normalized spacial score (nSPS) is 11.2. The molecule has 132 valence electrons. The van der Waals surface area contributed by atoms with Gasteiger partial charge in [-0.15, -0.1) is 14.9 Å². The van der Waals surface area contributed by atoms with Crippen molar-refractivity contribution in [1.82, 2.24) is 29.9 Å². The van der Waals surface area contributed by atoms with Crippen LogP contribution in [0.4, 0.5) is 4.39 Å². The summed E-state index contributed by atoms with van der Waals surface area (Å²) in [7, 11) is -3.72. The summed E-state index contributed by atoms with van der Waals surface area (Å²) in [4.78, 5) is 8.21. The molecule has 0 fully saturated rings. The first-order valence-corrected chi connectivity index (χ1v) is 8.78. The number of hydrogen-bond donors (Lipinski definition) is 1. The Morgan fingerprint density at radius 1 is 1.19 bits per heavy atom. The molecule has 0 unspecified atom stereocenters. The van der Waals surface area contributed by atoms with Gasteiger partial charge in [-0.2, -0.15) is 4.80 Å². The highest BCUT2D eigenvalue weighted by Gasteiger charge is 2.15. The number of nitrogens with one attached hydrogen (secondary N) is 1. The third kappa shape index (κ3) is 4.05. The molecule has 2 heterocycles. The second kappa shape index (κ2) is 7.34. The van der Waals surface area contributed by atoms with Crippen LogP contribution in [-0.2, 0) is 16.6 Å². The van der Waals surface area contributed by atoms with E-state index in [1.807, 2.05) is 0 Å².